The molecule has 22 heavy (non-hydrogen) atoms. The Labute approximate surface area is 128 Å². The standard InChI is InChI=1S/C14H22O8/c1-5-7-10(19-11(15)6-2)12-9(4)20-14(21-12,22-12)8(3)13(16,17)18/h6,8-10,16-18H,2,5,7H2,1,3-4H3. The first-order valence-electron chi connectivity index (χ1n) is 7.19. The largest absolute Gasteiger partial charge is 0.453 e. The molecule has 3 rings (SSSR count). The Balaban J connectivity index is 2.19. The van der Waals surface area contributed by atoms with Gasteiger partial charge in [-0.15, -0.1) is 0 Å². The highest BCUT2D eigenvalue weighted by Gasteiger charge is 2.78. The number of carbonyl (C=O) groups excluding carboxylic acids is 1. The molecule has 0 saturated carbocycles. The summed E-state index contributed by atoms with van der Waals surface area (Å²) in [5.74, 6) is -8.08. The average molecular weight is 318 g/mol. The van der Waals surface area contributed by atoms with E-state index >= 15 is 0 Å². The molecule has 0 radical (unpaired) electrons. The second kappa shape index (κ2) is 5.55. The molecule has 3 atom stereocenters. The van der Waals surface area contributed by atoms with Crippen molar-refractivity contribution in [1.29, 1.82) is 0 Å². The third-order valence-electron chi connectivity index (χ3n) is 4.05. The van der Waals surface area contributed by atoms with Gasteiger partial charge < -0.3 is 24.8 Å². The zero-order chi connectivity index (χ0) is 16.8. The Bertz CT molecular complexity index is 448. The topological polar surface area (TPSA) is 115 Å². The van der Waals surface area contributed by atoms with Gasteiger partial charge in [0, 0.05) is 6.08 Å². The minimum atomic E-state index is -3.03. The highest BCUT2D eigenvalue weighted by atomic mass is 17.1. The normalized spacial score (nSPS) is 36.4. The average Bonchev–Trinajstić information content (AvgIpc) is 2.84. The van der Waals surface area contributed by atoms with E-state index in [4.69, 9.17) is 18.9 Å². The first kappa shape index (κ1) is 17.3. The summed E-state index contributed by atoms with van der Waals surface area (Å²) < 4.78 is 22.1. The van der Waals surface area contributed by atoms with E-state index in [9.17, 15) is 20.1 Å². The molecule has 3 unspecified atom stereocenters. The van der Waals surface area contributed by atoms with Gasteiger partial charge in [-0.25, -0.2) is 4.79 Å². The second-order valence-corrected chi connectivity index (χ2v) is 5.62. The molecule has 0 aromatic heterocycles. The molecule has 3 heterocycles. The van der Waals surface area contributed by atoms with E-state index in [1.165, 1.54) is 6.92 Å². The van der Waals surface area contributed by atoms with Crippen molar-refractivity contribution in [3.63, 3.8) is 0 Å². The van der Waals surface area contributed by atoms with Gasteiger partial charge in [0.15, 0.2) is 6.10 Å². The van der Waals surface area contributed by atoms with E-state index in [2.05, 4.69) is 6.58 Å². The number of hydrogen-bond acceptors (Lipinski definition) is 8. The fourth-order valence-corrected chi connectivity index (χ4v) is 2.70. The lowest BCUT2D eigenvalue weighted by atomic mass is 9.97. The summed E-state index contributed by atoms with van der Waals surface area (Å²) in [6, 6.07) is 0. The molecule has 3 aliphatic heterocycles. The van der Waals surface area contributed by atoms with Crippen LogP contribution in [0.15, 0.2) is 12.7 Å². The van der Waals surface area contributed by atoms with Crippen molar-refractivity contribution in [3.05, 3.63) is 12.7 Å². The molecule has 2 bridgehead atoms. The summed E-state index contributed by atoms with van der Waals surface area (Å²) in [5.41, 5.74) is 0. The fourth-order valence-electron chi connectivity index (χ4n) is 2.70. The van der Waals surface area contributed by atoms with Crippen LogP contribution < -0.4 is 0 Å². The summed E-state index contributed by atoms with van der Waals surface area (Å²) in [6.07, 6.45) is 0.815. The van der Waals surface area contributed by atoms with Crippen LogP contribution in [-0.2, 0) is 23.7 Å². The van der Waals surface area contributed by atoms with Crippen LogP contribution in [0, 0.1) is 5.92 Å². The number of esters is 1. The predicted octanol–water partition coefficient (Wildman–Crippen LogP) is -0.0333. The summed E-state index contributed by atoms with van der Waals surface area (Å²) >= 11 is 0. The zero-order valence-corrected chi connectivity index (χ0v) is 12.8. The van der Waals surface area contributed by atoms with Crippen molar-refractivity contribution in [2.24, 2.45) is 5.92 Å². The highest BCUT2D eigenvalue weighted by Crippen LogP contribution is 2.58. The molecule has 0 aromatic carbocycles. The lowest BCUT2D eigenvalue weighted by molar-refractivity contribution is -0.561. The van der Waals surface area contributed by atoms with Gasteiger partial charge in [-0.1, -0.05) is 19.9 Å². The number of carbonyl (C=O) groups is 1. The fraction of sp³-hybridized carbons (Fsp3) is 0.786. The smallest absolute Gasteiger partial charge is 0.330 e. The van der Waals surface area contributed by atoms with Crippen LogP contribution in [0.2, 0.25) is 0 Å². The number of fused-ring (bicyclic) bond motifs is 1. The molecule has 8 heteroatoms. The lowest BCUT2D eigenvalue weighted by Crippen LogP contribution is -2.68. The molecule has 126 valence electrons. The molecule has 0 aliphatic carbocycles. The Morgan fingerprint density at radius 3 is 2.50 bits per heavy atom. The summed E-state index contributed by atoms with van der Waals surface area (Å²) in [5, 5.41) is 27.9. The maximum atomic E-state index is 11.5. The summed E-state index contributed by atoms with van der Waals surface area (Å²) in [6.45, 7) is 8.20. The molecular weight excluding hydrogens is 296 g/mol. The quantitative estimate of drug-likeness (QED) is 0.340. The van der Waals surface area contributed by atoms with Gasteiger partial charge in [0.05, 0.1) is 0 Å². The van der Waals surface area contributed by atoms with Crippen molar-refractivity contribution >= 4 is 5.97 Å². The Kier molecular flexibility index (Phi) is 4.37. The van der Waals surface area contributed by atoms with Crippen LogP contribution in [0.5, 0.6) is 0 Å². The third kappa shape index (κ3) is 2.55. The number of aliphatic hydroxyl groups is 3. The maximum absolute atomic E-state index is 11.5. The maximum Gasteiger partial charge on any atom is 0.330 e. The van der Waals surface area contributed by atoms with E-state index in [1.54, 1.807) is 6.92 Å². The predicted molar refractivity (Wildman–Crippen MR) is 71.7 cm³/mol. The molecule has 0 aromatic rings. The Morgan fingerprint density at radius 1 is 1.45 bits per heavy atom. The van der Waals surface area contributed by atoms with Crippen molar-refractivity contribution in [2.45, 2.75) is 63.6 Å². The molecule has 0 amide bonds. The van der Waals surface area contributed by atoms with E-state index < -0.39 is 41.8 Å². The van der Waals surface area contributed by atoms with Crippen molar-refractivity contribution in [1.82, 2.24) is 0 Å². The number of rotatable bonds is 7. The van der Waals surface area contributed by atoms with Gasteiger partial charge >= 0.3 is 5.97 Å². The van der Waals surface area contributed by atoms with Crippen LogP contribution in [0.3, 0.4) is 0 Å². The van der Waals surface area contributed by atoms with E-state index in [-0.39, 0.29) is 0 Å². The minimum Gasteiger partial charge on any atom is -0.453 e. The molecule has 8 nitrogen and oxygen atoms in total. The van der Waals surface area contributed by atoms with Gasteiger partial charge in [0.25, 0.3) is 11.9 Å². The molecule has 0 spiro atoms. The first-order chi connectivity index (χ1) is 10.1. The van der Waals surface area contributed by atoms with E-state index in [0.29, 0.717) is 12.8 Å². The first-order valence-corrected chi connectivity index (χ1v) is 7.19. The van der Waals surface area contributed by atoms with Crippen LogP contribution in [0.25, 0.3) is 0 Å². The monoisotopic (exact) mass is 318 g/mol. The van der Waals surface area contributed by atoms with E-state index in [0.717, 1.165) is 6.08 Å². The van der Waals surface area contributed by atoms with Crippen LogP contribution in [0.1, 0.15) is 33.6 Å². The molecular formula is C14H22O8. The SMILES string of the molecule is C=CC(=O)OC(CCC)C12OC(C(C)C(O)(O)O)(OC1C)O2. The third-order valence-corrected chi connectivity index (χ3v) is 4.05. The number of ether oxygens (including phenoxy) is 4. The van der Waals surface area contributed by atoms with Gasteiger partial charge in [0.2, 0.25) is 5.79 Å². The highest BCUT2D eigenvalue weighted by molar-refractivity contribution is 5.81. The molecule has 3 aliphatic rings. The van der Waals surface area contributed by atoms with Gasteiger partial charge in [-0.05, 0) is 20.3 Å². The van der Waals surface area contributed by atoms with Crippen LogP contribution in [0.4, 0.5) is 0 Å². The molecule has 3 saturated heterocycles. The van der Waals surface area contributed by atoms with Crippen LogP contribution >= 0.6 is 0 Å². The van der Waals surface area contributed by atoms with E-state index in [1.807, 2.05) is 6.92 Å². The zero-order valence-electron chi connectivity index (χ0n) is 12.8. The molecule has 3 N–H and O–H groups in total. The minimum absolute atomic E-state index is 0.459. The molecule has 3 fully saturated rings. The van der Waals surface area contributed by atoms with Gasteiger partial charge in [0.1, 0.15) is 12.0 Å². The van der Waals surface area contributed by atoms with Crippen LogP contribution in [-0.4, -0.2) is 51.2 Å². The lowest BCUT2D eigenvalue weighted by Gasteiger charge is -2.50. The van der Waals surface area contributed by atoms with Gasteiger partial charge in [-0.3, -0.25) is 9.47 Å². The van der Waals surface area contributed by atoms with Crippen molar-refractivity contribution in [3.8, 4) is 0 Å². The van der Waals surface area contributed by atoms with Crippen molar-refractivity contribution < 1.29 is 39.1 Å². The summed E-state index contributed by atoms with van der Waals surface area (Å²) in [7, 11) is 0. The summed E-state index contributed by atoms with van der Waals surface area (Å²) in [4.78, 5) is 11.5. The Morgan fingerprint density at radius 2 is 2.05 bits per heavy atom. The van der Waals surface area contributed by atoms with Gasteiger partial charge in [-0.2, -0.15) is 0 Å². The number of hydrogen-bond donors (Lipinski definition) is 3. The Hall–Kier alpha value is -1.03. The van der Waals surface area contributed by atoms with Crippen molar-refractivity contribution in [2.75, 3.05) is 0 Å². The second-order valence-electron chi connectivity index (χ2n) is 5.62.